The third-order valence-electron chi connectivity index (χ3n) is 3.95. The Kier molecular flexibility index (Phi) is 5.18. The molecular formula is C16H26O2. The molecule has 0 amide bonds. The quantitative estimate of drug-likeness (QED) is 0.545. The second kappa shape index (κ2) is 6.21. The van der Waals surface area contributed by atoms with E-state index in [9.17, 15) is 4.79 Å². The molecule has 1 aliphatic rings. The Bertz CT molecular complexity index is 373. The average Bonchev–Trinajstić information content (AvgIpc) is 2.27. The van der Waals surface area contributed by atoms with Crippen LogP contribution in [0.25, 0.3) is 0 Å². The summed E-state index contributed by atoms with van der Waals surface area (Å²) in [6.07, 6.45) is 7.61. The van der Waals surface area contributed by atoms with Gasteiger partial charge in [-0.25, -0.2) is 4.79 Å². The van der Waals surface area contributed by atoms with Gasteiger partial charge >= 0.3 is 5.97 Å². The fourth-order valence-corrected chi connectivity index (χ4v) is 2.96. The molecule has 0 fully saturated rings. The summed E-state index contributed by atoms with van der Waals surface area (Å²) in [5.74, 6) is -0.132. The Labute approximate surface area is 111 Å². The predicted octanol–water partition coefficient (Wildman–Crippen LogP) is 4.41. The Morgan fingerprint density at radius 1 is 1.44 bits per heavy atom. The van der Waals surface area contributed by atoms with Crippen LogP contribution in [0.5, 0.6) is 0 Å². The highest BCUT2D eigenvalue weighted by molar-refractivity contribution is 5.91. The summed E-state index contributed by atoms with van der Waals surface area (Å²) in [6, 6.07) is 0. The van der Waals surface area contributed by atoms with E-state index in [0.717, 1.165) is 31.3 Å². The van der Waals surface area contributed by atoms with Crippen molar-refractivity contribution in [1.82, 2.24) is 0 Å². The van der Waals surface area contributed by atoms with Crippen molar-refractivity contribution in [3.05, 3.63) is 22.8 Å². The summed E-state index contributed by atoms with van der Waals surface area (Å²) in [5, 5.41) is 0. The van der Waals surface area contributed by atoms with Crippen LogP contribution in [0.1, 0.15) is 59.8 Å². The molecule has 0 bridgehead atoms. The standard InChI is InChI=1S/C16H26O2/c1-12(2)8-6-10-16(4)11-7-9-13(3)14(16)15(17)18-5/h8H,6-7,9-11H2,1-5H3. The smallest absolute Gasteiger partial charge is 0.334 e. The molecule has 18 heavy (non-hydrogen) atoms. The van der Waals surface area contributed by atoms with Crippen LogP contribution < -0.4 is 0 Å². The van der Waals surface area contributed by atoms with E-state index >= 15 is 0 Å². The van der Waals surface area contributed by atoms with Crippen molar-refractivity contribution in [3.63, 3.8) is 0 Å². The summed E-state index contributed by atoms with van der Waals surface area (Å²) in [4.78, 5) is 12.0. The van der Waals surface area contributed by atoms with Crippen molar-refractivity contribution in [2.75, 3.05) is 7.11 Å². The summed E-state index contributed by atoms with van der Waals surface area (Å²) in [6.45, 7) is 8.52. The fourth-order valence-electron chi connectivity index (χ4n) is 2.96. The van der Waals surface area contributed by atoms with Gasteiger partial charge in [0.1, 0.15) is 0 Å². The number of ether oxygens (including phenoxy) is 1. The zero-order valence-electron chi connectivity index (χ0n) is 12.4. The van der Waals surface area contributed by atoms with Crippen molar-refractivity contribution in [2.45, 2.75) is 59.8 Å². The van der Waals surface area contributed by atoms with E-state index in [-0.39, 0.29) is 11.4 Å². The van der Waals surface area contributed by atoms with Gasteiger partial charge in [-0.1, -0.05) is 24.1 Å². The normalized spacial score (nSPS) is 23.8. The zero-order chi connectivity index (χ0) is 13.8. The highest BCUT2D eigenvalue weighted by Crippen LogP contribution is 2.44. The molecule has 0 saturated carbocycles. The Balaban J connectivity index is 2.92. The molecule has 0 radical (unpaired) electrons. The monoisotopic (exact) mass is 250 g/mol. The van der Waals surface area contributed by atoms with E-state index in [0.29, 0.717) is 0 Å². The highest BCUT2D eigenvalue weighted by Gasteiger charge is 2.37. The van der Waals surface area contributed by atoms with Crippen molar-refractivity contribution < 1.29 is 9.53 Å². The highest BCUT2D eigenvalue weighted by atomic mass is 16.5. The molecule has 1 unspecified atom stereocenters. The SMILES string of the molecule is COC(=O)C1=C(C)CCCC1(C)CCC=C(C)C. The number of methoxy groups -OCH3 is 1. The van der Waals surface area contributed by atoms with Gasteiger partial charge in [-0.05, 0) is 58.3 Å². The lowest BCUT2D eigenvalue weighted by Crippen LogP contribution is -2.29. The zero-order valence-corrected chi connectivity index (χ0v) is 12.4. The van der Waals surface area contributed by atoms with Crippen LogP contribution in [0.2, 0.25) is 0 Å². The second-order valence-corrected chi connectivity index (χ2v) is 5.88. The van der Waals surface area contributed by atoms with E-state index in [2.05, 4.69) is 33.8 Å². The third-order valence-corrected chi connectivity index (χ3v) is 3.95. The van der Waals surface area contributed by atoms with Gasteiger partial charge in [-0.15, -0.1) is 0 Å². The van der Waals surface area contributed by atoms with Crippen LogP contribution in [-0.4, -0.2) is 13.1 Å². The van der Waals surface area contributed by atoms with Gasteiger partial charge < -0.3 is 4.74 Å². The van der Waals surface area contributed by atoms with E-state index in [1.54, 1.807) is 0 Å². The molecule has 0 aromatic heterocycles. The molecule has 2 nitrogen and oxygen atoms in total. The van der Waals surface area contributed by atoms with Gasteiger partial charge in [0.15, 0.2) is 0 Å². The van der Waals surface area contributed by atoms with Gasteiger partial charge in [0.05, 0.1) is 7.11 Å². The lowest BCUT2D eigenvalue weighted by Gasteiger charge is -2.36. The molecule has 0 aromatic rings. The number of hydrogen-bond donors (Lipinski definition) is 0. The molecule has 1 rings (SSSR count). The largest absolute Gasteiger partial charge is 0.466 e. The first-order valence-corrected chi connectivity index (χ1v) is 6.82. The molecule has 0 heterocycles. The van der Waals surface area contributed by atoms with Crippen LogP contribution in [-0.2, 0) is 9.53 Å². The third kappa shape index (κ3) is 3.47. The summed E-state index contributed by atoms with van der Waals surface area (Å²) in [7, 11) is 1.48. The van der Waals surface area contributed by atoms with Crippen LogP contribution in [0.15, 0.2) is 22.8 Å². The predicted molar refractivity (Wildman–Crippen MR) is 75.3 cm³/mol. The van der Waals surface area contributed by atoms with Crippen LogP contribution in [0, 0.1) is 5.41 Å². The fraction of sp³-hybridized carbons (Fsp3) is 0.688. The molecule has 0 spiro atoms. The number of rotatable bonds is 4. The van der Waals surface area contributed by atoms with Gasteiger partial charge in [0, 0.05) is 5.57 Å². The van der Waals surface area contributed by atoms with Gasteiger partial charge in [-0.2, -0.15) is 0 Å². The minimum atomic E-state index is -0.132. The van der Waals surface area contributed by atoms with E-state index in [4.69, 9.17) is 4.74 Å². The van der Waals surface area contributed by atoms with Crippen molar-refractivity contribution in [2.24, 2.45) is 5.41 Å². The van der Waals surface area contributed by atoms with Gasteiger partial charge in [0.25, 0.3) is 0 Å². The Morgan fingerprint density at radius 2 is 2.11 bits per heavy atom. The number of carbonyl (C=O) groups excluding carboxylic acids is 1. The maximum absolute atomic E-state index is 12.0. The first kappa shape index (κ1) is 15.0. The van der Waals surface area contributed by atoms with Crippen LogP contribution in [0.4, 0.5) is 0 Å². The minimum Gasteiger partial charge on any atom is -0.466 e. The number of esters is 1. The Morgan fingerprint density at radius 3 is 2.67 bits per heavy atom. The first-order chi connectivity index (χ1) is 8.40. The molecule has 0 saturated heterocycles. The average molecular weight is 250 g/mol. The van der Waals surface area contributed by atoms with E-state index in [1.807, 2.05) is 0 Å². The number of allylic oxidation sites excluding steroid dienone is 3. The topological polar surface area (TPSA) is 26.3 Å². The lowest BCUT2D eigenvalue weighted by molar-refractivity contribution is -0.137. The van der Waals surface area contributed by atoms with Crippen LogP contribution >= 0.6 is 0 Å². The summed E-state index contributed by atoms with van der Waals surface area (Å²) in [5.41, 5.74) is 3.47. The minimum absolute atomic E-state index is 0.0125. The molecule has 2 heteroatoms. The van der Waals surface area contributed by atoms with Crippen molar-refractivity contribution >= 4 is 5.97 Å². The van der Waals surface area contributed by atoms with Gasteiger partial charge in [0.2, 0.25) is 0 Å². The maximum Gasteiger partial charge on any atom is 0.334 e. The second-order valence-electron chi connectivity index (χ2n) is 5.88. The number of carbonyl (C=O) groups is 1. The molecule has 0 aliphatic heterocycles. The molecule has 102 valence electrons. The molecular weight excluding hydrogens is 224 g/mol. The van der Waals surface area contributed by atoms with Crippen LogP contribution in [0.3, 0.4) is 0 Å². The molecule has 0 aromatic carbocycles. The van der Waals surface area contributed by atoms with Crippen molar-refractivity contribution in [1.29, 1.82) is 0 Å². The first-order valence-electron chi connectivity index (χ1n) is 6.82. The summed E-state index contributed by atoms with van der Waals surface area (Å²) < 4.78 is 4.97. The molecule has 0 N–H and O–H groups in total. The summed E-state index contributed by atoms with van der Waals surface area (Å²) >= 11 is 0. The Hall–Kier alpha value is -1.05. The van der Waals surface area contributed by atoms with Gasteiger partial charge in [-0.3, -0.25) is 0 Å². The van der Waals surface area contributed by atoms with E-state index < -0.39 is 0 Å². The maximum atomic E-state index is 12.0. The van der Waals surface area contributed by atoms with Crippen molar-refractivity contribution in [3.8, 4) is 0 Å². The number of hydrogen-bond acceptors (Lipinski definition) is 2. The van der Waals surface area contributed by atoms with E-state index in [1.165, 1.54) is 24.7 Å². The molecule has 1 aliphatic carbocycles. The lowest BCUT2D eigenvalue weighted by atomic mass is 9.68. The molecule has 1 atom stereocenters.